The van der Waals surface area contributed by atoms with Crippen molar-refractivity contribution >= 4 is 11.6 Å². The molecule has 32 heavy (non-hydrogen) atoms. The van der Waals surface area contributed by atoms with Gasteiger partial charge in [0.05, 0.1) is 6.61 Å². The van der Waals surface area contributed by atoms with Gasteiger partial charge in [-0.3, -0.25) is 0 Å². The molecule has 174 valence electrons. The minimum absolute atomic E-state index is 0.242. The lowest BCUT2D eigenvalue weighted by Crippen LogP contribution is -2.55. The molecule has 2 aliphatic heterocycles. The number of nitrogens with one attached hydrogen (secondary N) is 1. The van der Waals surface area contributed by atoms with Gasteiger partial charge in [0.2, 0.25) is 0 Å². The smallest absolute Gasteiger partial charge is 0.119 e. The molecule has 2 fully saturated rings. The second kappa shape index (κ2) is 10.5. The van der Waals surface area contributed by atoms with E-state index < -0.39 is 37.1 Å². The number of rotatable bonds is 6. The molecule has 0 bridgehead atoms. The first-order valence-electron chi connectivity index (χ1n) is 11.0. The number of ether oxygens (including phenoxy) is 2. The topological polar surface area (TPSA) is 111 Å². The number of halogens is 1. The summed E-state index contributed by atoms with van der Waals surface area (Å²) in [5.41, 5.74) is 2.51. The Morgan fingerprint density at radius 3 is 2.38 bits per heavy atom. The molecule has 0 amide bonds. The van der Waals surface area contributed by atoms with Crippen LogP contribution in [-0.2, 0) is 11.2 Å². The molecular weight excluding hydrogens is 434 g/mol. The Bertz CT molecular complexity index is 887. The Morgan fingerprint density at radius 2 is 1.69 bits per heavy atom. The molecule has 0 radical (unpaired) electrons. The van der Waals surface area contributed by atoms with Gasteiger partial charge < -0.3 is 35.2 Å². The quantitative estimate of drug-likeness (QED) is 0.442. The first kappa shape index (κ1) is 23.4. The van der Waals surface area contributed by atoms with Crippen molar-refractivity contribution in [2.75, 3.05) is 19.7 Å². The van der Waals surface area contributed by atoms with Gasteiger partial charge in [0, 0.05) is 5.02 Å². The normalized spacial score (nSPS) is 29.1. The minimum Gasteiger partial charge on any atom is -0.490 e. The second-order valence-corrected chi connectivity index (χ2v) is 8.90. The third kappa shape index (κ3) is 5.26. The molecule has 0 unspecified atom stereocenters. The Labute approximate surface area is 192 Å². The highest BCUT2D eigenvalue weighted by Crippen LogP contribution is 2.34. The molecule has 5 atom stereocenters. The zero-order valence-electron chi connectivity index (χ0n) is 17.7. The van der Waals surface area contributed by atoms with Gasteiger partial charge in [-0.1, -0.05) is 35.9 Å². The summed E-state index contributed by atoms with van der Waals surface area (Å²) in [6, 6.07) is 13.2. The molecule has 0 aromatic heterocycles. The summed E-state index contributed by atoms with van der Waals surface area (Å²) in [5.74, 6) is 0.849. The second-order valence-electron chi connectivity index (χ2n) is 8.49. The van der Waals surface area contributed by atoms with E-state index in [1.54, 1.807) is 12.1 Å². The Morgan fingerprint density at radius 1 is 0.969 bits per heavy atom. The van der Waals surface area contributed by atoms with Crippen LogP contribution in [0, 0.1) is 0 Å². The first-order chi connectivity index (χ1) is 15.5. The van der Waals surface area contributed by atoms with E-state index in [-0.39, 0.29) is 6.10 Å². The van der Waals surface area contributed by atoms with Crippen LogP contribution >= 0.6 is 11.6 Å². The number of benzene rings is 2. The van der Waals surface area contributed by atoms with Crippen molar-refractivity contribution in [3.63, 3.8) is 0 Å². The SMILES string of the molecule is OC[C@H]1O[C@@H](c2ccc(Cl)c(Cc3ccc(OC4CCNCC4)cc3)c2)[C@H](O)[C@@H](O)[C@@H]1O. The summed E-state index contributed by atoms with van der Waals surface area (Å²) in [6.45, 7) is 1.49. The molecule has 7 nitrogen and oxygen atoms in total. The van der Waals surface area contributed by atoms with E-state index >= 15 is 0 Å². The molecule has 2 saturated heterocycles. The van der Waals surface area contributed by atoms with Crippen molar-refractivity contribution in [3.8, 4) is 5.75 Å². The summed E-state index contributed by atoms with van der Waals surface area (Å²) < 4.78 is 11.7. The molecule has 0 saturated carbocycles. The van der Waals surface area contributed by atoms with Gasteiger partial charge in [-0.2, -0.15) is 0 Å². The Balaban J connectivity index is 1.47. The van der Waals surface area contributed by atoms with Crippen LogP contribution in [0.4, 0.5) is 0 Å². The lowest BCUT2D eigenvalue weighted by Gasteiger charge is -2.40. The van der Waals surface area contributed by atoms with Crippen LogP contribution in [0.3, 0.4) is 0 Å². The van der Waals surface area contributed by atoms with E-state index in [1.807, 2.05) is 30.3 Å². The third-order valence-corrected chi connectivity index (χ3v) is 6.57. The van der Waals surface area contributed by atoms with Crippen LogP contribution in [0.5, 0.6) is 5.75 Å². The van der Waals surface area contributed by atoms with Crippen molar-refractivity contribution in [1.29, 1.82) is 0 Å². The van der Waals surface area contributed by atoms with E-state index in [0.717, 1.165) is 42.8 Å². The van der Waals surface area contributed by atoms with Gasteiger partial charge in [-0.15, -0.1) is 0 Å². The number of hydrogen-bond acceptors (Lipinski definition) is 7. The molecule has 4 rings (SSSR count). The largest absolute Gasteiger partial charge is 0.490 e. The number of piperidine rings is 1. The molecule has 2 aromatic rings. The fraction of sp³-hybridized carbons (Fsp3) is 0.500. The van der Waals surface area contributed by atoms with E-state index in [0.29, 0.717) is 17.0 Å². The van der Waals surface area contributed by atoms with Crippen LogP contribution in [0.15, 0.2) is 42.5 Å². The van der Waals surface area contributed by atoms with Crippen molar-refractivity contribution in [3.05, 3.63) is 64.2 Å². The van der Waals surface area contributed by atoms with E-state index in [9.17, 15) is 20.4 Å². The van der Waals surface area contributed by atoms with Crippen LogP contribution < -0.4 is 10.1 Å². The molecule has 8 heteroatoms. The highest BCUT2D eigenvalue weighted by molar-refractivity contribution is 6.31. The zero-order chi connectivity index (χ0) is 22.7. The number of aliphatic hydroxyl groups excluding tert-OH is 4. The highest BCUT2D eigenvalue weighted by Gasteiger charge is 2.44. The predicted octanol–water partition coefficient (Wildman–Crippen LogP) is 1.58. The minimum atomic E-state index is -1.42. The van der Waals surface area contributed by atoms with Gasteiger partial charge in [-0.05, 0) is 67.2 Å². The fourth-order valence-corrected chi connectivity index (χ4v) is 4.48. The van der Waals surface area contributed by atoms with Crippen LogP contribution in [0.2, 0.25) is 5.02 Å². The highest BCUT2D eigenvalue weighted by atomic mass is 35.5. The fourth-order valence-electron chi connectivity index (χ4n) is 4.30. The first-order valence-corrected chi connectivity index (χ1v) is 11.4. The van der Waals surface area contributed by atoms with Gasteiger partial charge in [0.1, 0.15) is 42.4 Å². The van der Waals surface area contributed by atoms with E-state index in [1.165, 1.54) is 0 Å². The van der Waals surface area contributed by atoms with E-state index in [2.05, 4.69) is 5.32 Å². The Hall–Kier alpha value is -1.71. The van der Waals surface area contributed by atoms with Gasteiger partial charge >= 0.3 is 0 Å². The molecule has 2 heterocycles. The lowest BCUT2D eigenvalue weighted by atomic mass is 9.90. The standard InChI is InChI=1S/C24H30ClNO6/c25-19-6-3-15(24-23(30)22(29)21(28)20(13-27)32-24)12-16(19)11-14-1-4-17(5-2-14)31-18-7-9-26-10-8-18/h1-6,12,18,20-24,26-30H,7-11,13H2/t20-,21-,22+,23-,24+/m1/s1. The summed E-state index contributed by atoms with van der Waals surface area (Å²) in [5, 5.41) is 43.9. The van der Waals surface area contributed by atoms with Crippen LogP contribution in [-0.4, -0.2) is 70.6 Å². The summed E-state index contributed by atoms with van der Waals surface area (Å²) in [7, 11) is 0. The number of aliphatic hydroxyl groups is 4. The third-order valence-electron chi connectivity index (χ3n) is 6.20. The molecule has 0 spiro atoms. The van der Waals surface area contributed by atoms with Crippen molar-refractivity contribution in [1.82, 2.24) is 5.32 Å². The van der Waals surface area contributed by atoms with Crippen molar-refractivity contribution in [2.45, 2.75) is 55.9 Å². The van der Waals surface area contributed by atoms with Crippen LogP contribution in [0.1, 0.15) is 35.6 Å². The maximum absolute atomic E-state index is 10.4. The van der Waals surface area contributed by atoms with E-state index in [4.69, 9.17) is 21.1 Å². The average molecular weight is 464 g/mol. The van der Waals surface area contributed by atoms with Crippen molar-refractivity contribution in [2.24, 2.45) is 0 Å². The van der Waals surface area contributed by atoms with Gasteiger partial charge in [0.25, 0.3) is 0 Å². The maximum atomic E-state index is 10.4. The summed E-state index contributed by atoms with van der Waals surface area (Å²) in [6.07, 6.45) is -3.16. The molecule has 2 aliphatic rings. The maximum Gasteiger partial charge on any atom is 0.119 e. The molecular formula is C24H30ClNO6. The van der Waals surface area contributed by atoms with Gasteiger partial charge in [0.15, 0.2) is 0 Å². The predicted molar refractivity (Wildman–Crippen MR) is 120 cm³/mol. The summed E-state index contributed by atoms with van der Waals surface area (Å²) in [4.78, 5) is 0. The molecule has 0 aliphatic carbocycles. The average Bonchev–Trinajstić information content (AvgIpc) is 2.81. The monoisotopic (exact) mass is 463 g/mol. The molecule has 5 N–H and O–H groups in total. The van der Waals surface area contributed by atoms with Crippen molar-refractivity contribution < 1.29 is 29.9 Å². The lowest BCUT2D eigenvalue weighted by molar-refractivity contribution is -0.231. The van der Waals surface area contributed by atoms with Gasteiger partial charge in [-0.25, -0.2) is 0 Å². The number of hydrogen-bond donors (Lipinski definition) is 5. The zero-order valence-corrected chi connectivity index (χ0v) is 18.5. The summed E-state index contributed by atoms with van der Waals surface area (Å²) >= 11 is 6.43. The van der Waals surface area contributed by atoms with Crippen LogP contribution in [0.25, 0.3) is 0 Å². The Kier molecular flexibility index (Phi) is 7.68. The molecule has 2 aromatic carbocycles.